The van der Waals surface area contributed by atoms with Crippen LogP contribution < -0.4 is 10.2 Å². The van der Waals surface area contributed by atoms with E-state index in [4.69, 9.17) is 9.47 Å². The molecule has 0 unspecified atom stereocenters. The lowest BCUT2D eigenvalue weighted by molar-refractivity contribution is -0.384. The molecule has 4 atom stereocenters. The summed E-state index contributed by atoms with van der Waals surface area (Å²) < 4.78 is 13.4. The first-order valence-corrected chi connectivity index (χ1v) is 16.4. The van der Waals surface area contributed by atoms with Gasteiger partial charge in [0, 0.05) is 75.5 Å². The molecular formula is C38H42N4O6. The smallest absolute Gasteiger partial charge is 0.269 e. The van der Waals surface area contributed by atoms with Crippen molar-refractivity contribution in [3.8, 4) is 11.1 Å². The average Bonchev–Trinajstić information content (AvgIpc) is 3.12. The summed E-state index contributed by atoms with van der Waals surface area (Å²) in [7, 11) is 0. The van der Waals surface area contributed by atoms with Gasteiger partial charge in [-0.3, -0.25) is 19.8 Å². The first kappa shape index (κ1) is 33.3. The highest BCUT2D eigenvalue weighted by molar-refractivity contribution is 5.73. The van der Waals surface area contributed by atoms with Gasteiger partial charge in [0.1, 0.15) is 0 Å². The predicted molar refractivity (Wildman–Crippen MR) is 184 cm³/mol. The summed E-state index contributed by atoms with van der Waals surface area (Å²) in [6.07, 6.45) is -0.856. The Morgan fingerprint density at radius 1 is 0.875 bits per heavy atom. The molecule has 0 bridgehead atoms. The molecule has 2 N–H and O–H groups in total. The van der Waals surface area contributed by atoms with Crippen LogP contribution in [0.3, 0.4) is 0 Å². The van der Waals surface area contributed by atoms with Gasteiger partial charge in [0.15, 0.2) is 6.29 Å². The number of carbonyl (C=O) groups is 1. The Kier molecular flexibility index (Phi) is 10.5. The summed E-state index contributed by atoms with van der Waals surface area (Å²) in [5.74, 6) is 0.0107. The van der Waals surface area contributed by atoms with Crippen molar-refractivity contribution in [2.75, 3.05) is 37.6 Å². The number of non-ortho nitro benzene ring substituents is 1. The highest BCUT2D eigenvalue weighted by atomic mass is 16.7. The lowest BCUT2D eigenvalue weighted by Gasteiger charge is -2.44. The number of ether oxygens (including phenoxy) is 2. The van der Waals surface area contributed by atoms with Gasteiger partial charge in [0.2, 0.25) is 5.91 Å². The number of piperazine rings is 1. The number of nitro benzene ring substituents is 1. The number of carbonyl (C=O) groups excluding carboxylic acids is 1. The fourth-order valence-electron chi connectivity index (χ4n) is 6.48. The number of amides is 1. The number of nitrogens with one attached hydrogen (secondary N) is 1. The molecule has 0 radical (unpaired) electrons. The number of hydrogen-bond acceptors (Lipinski definition) is 8. The first-order chi connectivity index (χ1) is 23.3. The van der Waals surface area contributed by atoms with Gasteiger partial charge in [-0.2, -0.15) is 0 Å². The van der Waals surface area contributed by atoms with Crippen LogP contribution in [0.25, 0.3) is 11.1 Å². The largest absolute Gasteiger partial charge is 0.392 e. The van der Waals surface area contributed by atoms with Gasteiger partial charge < -0.3 is 24.8 Å². The second-order valence-electron chi connectivity index (χ2n) is 12.6. The summed E-state index contributed by atoms with van der Waals surface area (Å²) in [6.45, 7) is 8.25. The third-order valence-electron chi connectivity index (χ3n) is 9.34. The van der Waals surface area contributed by atoms with Crippen LogP contribution in [0.4, 0.5) is 11.4 Å². The van der Waals surface area contributed by atoms with Crippen LogP contribution >= 0.6 is 0 Å². The Morgan fingerprint density at radius 3 is 2.21 bits per heavy atom. The Morgan fingerprint density at radius 2 is 1.56 bits per heavy atom. The van der Waals surface area contributed by atoms with Crippen molar-refractivity contribution < 1.29 is 24.3 Å². The molecule has 2 aliphatic heterocycles. The Bertz CT molecular complexity index is 1690. The average molecular weight is 651 g/mol. The zero-order valence-corrected chi connectivity index (χ0v) is 27.3. The van der Waals surface area contributed by atoms with E-state index in [1.807, 2.05) is 48.5 Å². The van der Waals surface area contributed by atoms with Crippen molar-refractivity contribution in [3.05, 3.63) is 129 Å². The molecule has 4 aromatic carbocycles. The van der Waals surface area contributed by atoms with Crippen molar-refractivity contribution >= 4 is 17.3 Å². The molecule has 0 saturated carbocycles. The van der Waals surface area contributed by atoms with Crippen LogP contribution in [0.2, 0.25) is 0 Å². The van der Waals surface area contributed by atoms with E-state index < -0.39 is 6.29 Å². The van der Waals surface area contributed by atoms with E-state index in [1.54, 1.807) is 12.1 Å². The number of hydrogen-bond donors (Lipinski definition) is 2. The van der Waals surface area contributed by atoms with Gasteiger partial charge in [-0.1, -0.05) is 73.7 Å². The zero-order valence-electron chi connectivity index (χ0n) is 27.3. The zero-order chi connectivity index (χ0) is 33.6. The van der Waals surface area contributed by atoms with Crippen LogP contribution in [0, 0.1) is 16.0 Å². The van der Waals surface area contributed by atoms with E-state index in [0.717, 1.165) is 71.8 Å². The molecule has 2 fully saturated rings. The molecule has 2 heterocycles. The molecule has 0 spiro atoms. The van der Waals surface area contributed by atoms with E-state index in [1.165, 1.54) is 6.92 Å². The minimum atomic E-state index is -0.560. The minimum absolute atomic E-state index is 0.00985. The summed E-state index contributed by atoms with van der Waals surface area (Å²) in [5, 5.41) is 23.5. The number of nitro groups is 1. The lowest BCUT2D eigenvalue weighted by Crippen LogP contribution is -2.51. The van der Waals surface area contributed by atoms with Gasteiger partial charge in [0.05, 0.1) is 23.7 Å². The van der Waals surface area contributed by atoms with E-state index >= 15 is 0 Å². The van der Waals surface area contributed by atoms with Crippen LogP contribution in [-0.2, 0) is 27.4 Å². The summed E-state index contributed by atoms with van der Waals surface area (Å²) in [4.78, 5) is 26.8. The van der Waals surface area contributed by atoms with Gasteiger partial charge >= 0.3 is 0 Å². The number of aliphatic hydroxyl groups is 1. The SMILES string of the molecule is CC(=O)NCc1cccc(-c2ccc([C@H]3O[C@@H](CN4CCN(c5ccc([N+](=O)[O-])cc5)CC4)[C@@H](C)[C@@H](c4ccc(CO)cc4)O3)cc2)c1. The fourth-order valence-corrected chi connectivity index (χ4v) is 6.48. The number of rotatable bonds is 10. The summed E-state index contributed by atoms with van der Waals surface area (Å²) in [6, 6.07) is 31.1. The van der Waals surface area contributed by atoms with E-state index in [9.17, 15) is 20.0 Å². The topological polar surface area (TPSA) is 117 Å². The molecule has 4 aromatic rings. The second kappa shape index (κ2) is 15.1. The Balaban J connectivity index is 1.17. The maximum atomic E-state index is 11.4. The number of benzene rings is 4. The molecule has 1 amide bonds. The summed E-state index contributed by atoms with van der Waals surface area (Å²) >= 11 is 0. The predicted octanol–water partition coefficient (Wildman–Crippen LogP) is 6.00. The standard InChI is InChI=1S/C38H42N4O6/c1-26-36(24-40-18-20-41(21-19-40)34-14-16-35(17-15-34)42(45)46)47-38(48-37(26)31-8-6-28(25-43)7-9-31)32-12-10-30(11-13-32)33-5-3-4-29(22-33)23-39-27(2)44/h3-17,22,26,36-38,43H,18-21,23-25H2,1-2H3,(H,39,44)/t26-,36+,37+,38+/m1/s1. The van der Waals surface area contributed by atoms with Gasteiger partial charge in [0.25, 0.3) is 5.69 Å². The second-order valence-corrected chi connectivity index (χ2v) is 12.6. The molecule has 10 heteroatoms. The maximum absolute atomic E-state index is 11.4. The third-order valence-corrected chi connectivity index (χ3v) is 9.34. The lowest BCUT2D eigenvalue weighted by atomic mass is 9.89. The monoisotopic (exact) mass is 650 g/mol. The normalized spacial score (nSPS) is 21.5. The number of aliphatic hydroxyl groups excluding tert-OH is 1. The van der Waals surface area contributed by atoms with Crippen molar-refractivity contribution in [2.24, 2.45) is 5.92 Å². The molecule has 2 aliphatic rings. The minimum Gasteiger partial charge on any atom is -0.392 e. The maximum Gasteiger partial charge on any atom is 0.269 e. The van der Waals surface area contributed by atoms with Crippen LogP contribution in [-0.4, -0.2) is 59.7 Å². The molecule has 10 nitrogen and oxygen atoms in total. The molecule has 250 valence electrons. The third kappa shape index (κ3) is 7.91. The van der Waals surface area contributed by atoms with Crippen molar-refractivity contribution in [3.63, 3.8) is 0 Å². The first-order valence-electron chi connectivity index (χ1n) is 16.4. The molecule has 48 heavy (non-hydrogen) atoms. The quantitative estimate of drug-likeness (QED) is 0.159. The molecule has 0 aliphatic carbocycles. The molecular weight excluding hydrogens is 608 g/mol. The van der Waals surface area contributed by atoms with Crippen LogP contribution in [0.1, 0.15) is 48.5 Å². The van der Waals surface area contributed by atoms with E-state index in [-0.39, 0.29) is 41.3 Å². The Hall–Kier alpha value is -4.61. The summed E-state index contributed by atoms with van der Waals surface area (Å²) in [5.41, 5.74) is 7.09. The van der Waals surface area contributed by atoms with E-state index in [0.29, 0.717) is 6.54 Å². The highest BCUT2D eigenvalue weighted by Gasteiger charge is 2.39. The number of nitrogens with zero attached hydrogens (tertiary/aromatic N) is 3. The number of anilines is 1. The van der Waals surface area contributed by atoms with Gasteiger partial charge in [-0.05, 0) is 46.0 Å². The Labute approximate surface area is 281 Å². The van der Waals surface area contributed by atoms with Crippen molar-refractivity contribution in [1.29, 1.82) is 0 Å². The van der Waals surface area contributed by atoms with E-state index in [2.05, 4.69) is 58.4 Å². The van der Waals surface area contributed by atoms with Gasteiger partial charge in [-0.25, -0.2) is 0 Å². The highest BCUT2D eigenvalue weighted by Crippen LogP contribution is 2.42. The van der Waals surface area contributed by atoms with Crippen molar-refractivity contribution in [2.45, 2.75) is 45.5 Å². The molecule has 0 aromatic heterocycles. The van der Waals surface area contributed by atoms with Crippen molar-refractivity contribution in [1.82, 2.24) is 10.2 Å². The molecule has 6 rings (SSSR count). The van der Waals surface area contributed by atoms with Crippen LogP contribution in [0.5, 0.6) is 0 Å². The van der Waals surface area contributed by atoms with Gasteiger partial charge in [-0.15, -0.1) is 0 Å². The van der Waals surface area contributed by atoms with Crippen LogP contribution in [0.15, 0.2) is 97.1 Å². The fraction of sp³-hybridized carbons (Fsp3) is 0.342. The molecule has 2 saturated heterocycles.